The zero-order valence-electron chi connectivity index (χ0n) is 10.6. The first kappa shape index (κ1) is 13.2. The van der Waals surface area contributed by atoms with Crippen molar-refractivity contribution >= 4 is 12.1 Å². The zero-order chi connectivity index (χ0) is 12.0. The van der Waals surface area contributed by atoms with E-state index in [2.05, 4.69) is 18.7 Å². The first-order valence-corrected chi connectivity index (χ1v) is 6.51. The van der Waals surface area contributed by atoms with Gasteiger partial charge in [0.15, 0.2) is 0 Å². The fourth-order valence-electron chi connectivity index (χ4n) is 2.77. The van der Waals surface area contributed by atoms with Crippen LogP contribution in [-0.2, 0) is 4.79 Å². The van der Waals surface area contributed by atoms with E-state index < -0.39 is 0 Å². The summed E-state index contributed by atoms with van der Waals surface area (Å²) in [6, 6.07) is 0. The van der Waals surface area contributed by atoms with Gasteiger partial charge >= 0.3 is 0 Å². The Morgan fingerprint density at radius 2 is 1.94 bits per heavy atom. The minimum atomic E-state index is -0.388. The summed E-state index contributed by atoms with van der Waals surface area (Å²) in [4.78, 5) is 13.6. The highest BCUT2D eigenvalue weighted by Gasteiger charge is 2.37. The molecule has 0 spiro atoms. The minimum Gasteiger partial charge on any atom is -0.348 e. The summed E-state index contributed by atoms with van der Waals surface area (Å²) >= 11 is 0. The van der Waals surface area contributed by atoms with Gasteiger partial charge in [-0.25, -0.2) is 0 Å². The molecule has 3 nitrogen and oxygen atoms in total. The van der Waals surface area contributed by atoms with Crippen molar-refractivity contribution in [2.45, 2.75) is 64.3 Å². The van der Waals surface area contributed by atoms with Crippen molar-refractivity contribution in [1.82, 2.24) is 4.90 Å². The van der Waals surface area contributed by atoms with E-state index in [4.69, 9.17) is 5.41 Å². The highest BCUT2D eigenvalue weighted by molar-refractivity contribution is 5.84. The van der Waals surface area contributed by atoms with Crippen LogP contribution in [0.1, 0.15) is 58.8 Å². The third-order valence-corrected chi connectivity index (χ3v) is 3.49. The maximum absolute atomic E-state index is 11.5. The number of carbonyl (C=O) groups is 1. The summed E-state index contributed by atoms with van der Waals surface area (Å²) in [5, 5.41) is 8.03. The smallest absolute Gasteiger partial charge is 0.145 e. The molecule has 0 aliphatic carbocycles. The second-order valence-corrected chi connectivity index (χ2v) is 4.78. The van der Waals surface area contributed by atoms with Crippen molar-refractivity contribution in [2.24, 2.45) is 0 Å². The van der Waals surface area contributed by atoms with Crippen molar-refractivity contribution in [1.29, 1.82) is 5.41 Å². The van der Waals surface area contributed by atoms with Gasteiger partial charge in [0.1, 0.15) is 6.29 Å². The molecule has 1 N–H and O–H groups in total. The number of aldehydes is 1. The SMILES string of the molecule is CCCC(C=O)(CCC)N1CCCCC1=N. The molecule has 0 aromatic heterocycles. The number of rotatable bonds is 6. The number of nitrogens with zero attached hydrogens (tertiary/aromatic N) is 1. The Morgan fingerprint density at radius 1 is 1.31 bits per heavy atom. The molecule has 0 aromatic carbocycles. The molecule has 0 radical (unpaired) electrons. The van der Waals surface area contributed by atoms with E-state index in [1.807, 2.05) is 0 Å². The molecule has 1 heterocycles. The quantitative estimate of drug-likeness (QED) is 0.705. The molecule has 0 saturated carbocycles. The lowest BCUT2D eigenvalue weighted by atomic mass is 9.86. The number of nitrogens with one attached hydrogen (secondary N) is 1. The van der Waals surface area contributed by atoms with Crippen LogP contribution in [-0.4, -0.2) is 29.1 Å². The van der Waals surface area contributed by atoms with Crippen molar-refractivity contribution in [3.05, 3.63) is 0 Å². The predicted molar refractivity (Wildman–Crippen MR) is 66.9 cm³/mol. The Kier molecular flexibility index (Phi) is 4.97. The van der Waals surface area contributed by atoms with Gasteiger partial charge in [0.25, 0.3) is 0 Å². The number of amidine groups is 1. The number of likely N-dealkylation sites (tertiary alicyclic amines) is 1. The Labute approximate surface area is 98.7 Å². The Balaban J connectivity index is 2.87. The summed E-state index contributed by atoms with van der Waals surface area (Å²) < 4.78 is 0. The predicted octanol–water partition coefficient (Wildman–Crippen LogP) is 2.99. The minimum absolute atomic E-state index is 0.388. The van der Waals surface area contributed by atoms with Crippen LogP contribution < -0.4 is 0 Å². The van der Waals surface area contributed by atoms with Gasteiger partial charge in [0.05, 0.1) is 11.4 Å². The largest absolute Gasteiger partial charge is 0.348 e. The summed E-state index contributed by atoms with van der Waals surface area (Å²) in [7, 11) is 0. The van der Waals surface area contributed by atoms with Gasteiger partial charge < -0.3 is 9.69 Å². The average Bonchev–Trinajstić information content (AvgIpc) is 2.29. The van der Waals surface area contributed by atoms with Crippen LogP contribution in [0.5, 0.6) is 0 Å². The zero-order valence-corrected chi connectivity index (χ0v) is 10.6. The van der Waals surface area contributed by atoms with Gasteiger partial charge in [-0.15, -0.1) is 0 Å². The maximum Gasteiger partial charge on any atom is 0.145 e. The Bertz CT molecular complexity index is 244. The van der Waals surface area contributed by atoms with E-state index in [0.29, 0.717) is 5.84 Å². The normalized spacial score (nSPS) is 17.6. The van der Waals surface area contributed by atoms with E-state index in [9.17, 15) is 4.79 Å². The lowest BCUT2D eigenvalue weighted by Crippen LogP contribution is -2.54. The molecule has 0 bridgehead atoms. The summed E-state index contributed by atoms with van der Waals surface area (Å²) in [6.45, 7) is 5.11. The molecular formula is C13H24N2O. The molecule has 0 amide bonds. The third-order valence-electron chi connectivity index (χ3n) is 3.49. The van der Waals surface area contributed by atoms with Crippen LogP contribution in [0.4, 0.5) is 0 Å². The second-order valence-electron chi connectivity index (χ2n) is 4.78. The first-order valence-electron chi connectivity index (χ1n) is 6.51. The van der Waals surface area contributed by atoms with Crippen LogP contribution in [0.3, 0.4) is 0 Å². The van der Waals surface area contributed by atoms with Gasteiger partial charge in [-0.1, -0.05) is 26.7 Å². The molecule has 0 atom stereocenters. The number of piperidine rings is 1. The molecular weight excluding hydrogens is 200 g/mol. The molecule has 1 fully saturated rings. The van der Waals surface area contributed by atoms with Crippen LogP contribution in [0.15, 0.2) is 0 Å². The van der Waals surface area contributed by atoms with Crippen molar-refractivity contribution < 1.29 is 4.79 Å². The van der Waals surface area contributed by atoms with E-state index in [-0.39, 0.29) is 5.54 Å². The van der Waals surface area contributed by atoms with Gasteiger partial charge in [-0.2, -0.15) is 0 Å². The second kappa shape index (κ2) is 6.02. The number of carbonyl (C=O) groups excluding carboxylic acids is 1. The van der Waals surface area contributed by atoms with E-state index in [1.54, 1.807) is 0 Å². The molecule has 1 aliphatic heterocycles. The van der Waals surface area contributed by atoms with Crippen molar-refractivity contribution in [3.8, 4) is 0 Å². The summed E-state index contributed by atoms with van der Waals surface area (Å²) in [5.74, 6) is 0.667. The highest BCUT2D eigenvalue weighted by atomic mass is 16.1. The van der Waals surface area contributed by atoms with Crippen LogP contribution >= 0.6 is 0 Å². The summed E-state index contributed by atoms with van der Waals surface area (Å²) in [6.07, 6.45) is 7.92. The van der Waals surface area contributed by atoms with Crippen LogP contribution in [0.25, 0.3) is 0 Å². The van der Waals surface area contributed by atoms with Crippen LogP contribution in [0, 0.1) is 5.41 Å². The fraction of sp³-hybridized carbons (Fsp3) is 0.846. The fourth-order valence-corrected chi connectivity index (χ4v) is 2.77. The standard InChI is InChI=1S/C13H24N2O/c1-3-8-13(11-16,9-4-2)15-10-6-5-7-12(15)14/h11,14H,3-10H2,1-2H3. The van der Waals surface area contributed by atoms with E-state index in [1.165, 1.54) is 0 Å². The molecule has 0 unspecified atom stereocenters. The topological polar surface area (TPSA) is 44.2 Å². The first-order chi connectivity index (χ1) is 7.70. The van der Waals surface area contributed by atoms with Gasteiger partial charge in [0.2, 0.25) is 0 Å². The van der Waals surface area contributed by atoms with Gasteiger partial charge in [-0.3, -0.25) is 5.41 Å². The molecule has 0 aromatic rings. The van der Waals surface area contributed by atoms with E-state index >= 15 is 0 Å². The Hall–Kier alpha value is -0.860. The maximum atomic E-state index is 11.5. The van der Waals surface area contributed by atoms with Crippen molar-refractivity contribution in [3.63, 3.8) is 0 Å². The van der Waals surface area contributed by atoms with E-state index in [0.717, 1.165) is 57.8 Å². The highest BCUT2D eigenvalue weighted by Crippen LogP contribution is 2.29. The number of hydrogen-bond acceptors (Lipinski definition) is 2. The molecule has 1 rings (SSSR count). The summed E-state index contributed by atoms with van der Waals surface area (Å²) in [5.41, 5.74) is -0.388. The molecule has 1 saturated heterocycles. The molecule has 3 heteroatoms. The third kappa shape index (κ3) is 2.63. The average molecular weight is 224 g/mol. The van der Waals surface area contributed by atoms with Crippen molar-refractivity contribution in [2.75, 3.05) is 6.54 Å². The van der Waals surface area contributed by atoms with Crippen LogP contribution in [0.2, 0.25) is 0 Å². The molecule has 92 valence electrons. The Morgan fingerprint density at radius 3 is 2.38 bits per heavy atom. The van der Waals surface area contributed by atoms with Gasteiger partial charge in [-0.05, 0) is 25.7 Å². The molecule has 1 aliphatic rings. The lowest BCUT2D eigenvalue weighted by Gasteiger charge is -2.44. The number of hydrogen-bond donors (Lipinski definition) is 1. The van der Waals surface area contributed by atoms with Gasteiger partial charge in [0, 0.05) is 13.0 Å². The lowest BCUT2D eigenvalue weighted by molar-refractivity contribution is -0.117. The monoisotopic (exact) mass is 224 g/mol. The molecule has 16 heavy (non-hydrogen) atoms.